The summed E-state index contributed by atoms with van der Waals surface area (Å²) in [6, 6.07) is 2.30. The third-order valence-electron chi connectivity index (χ3n) is 4.08. The first-order valence-electron chi connectivity index (χ1n) is 6.31. The highest BCUT2D eigenvalue weighted by Gasteiger charge is 2.38. The Morgan fingerprint density at radius 2 is 1.89 bits per heavy atom. The highest BCUT2D eigenvalue weighted by molar-refractivity contribution is 5.44. The largest absolute Gasteiger partial charge is 0.351 e. The van der Waals surface area contributed by atoms with Gasteiger partial charge in [0.15, 0.2) is 0 Å². The van der Waals surface area contributed by atoms with Gasteiger partial charge in [-0.15, -0.1) is 0 Å². The van der Waals surface area contributed by atoms with Crippen molar-refractivity contribution in [1.82, 2.24) is 9.55 Å². The van der Waals surface area contributed by atoms with Gasteiger partial charge in [0.05, 0.1) is 0 Å². The summed E-state index contributed by atoms with van der Waals surface area (Å²) in [5, 5.41) is 0. The van der Waals surface area contributed by atoms with Crippen LogP contribution < -0.4 is 16.1 Å². The molecule has 2 unspecified atom stereocenters. The topological polar surface area (TPSA) is 58.1 Å². The predicted molar refractivity (Wildman–Crippen MR) is 70.0 cm³/mol. The molecule has 5 heteroatoms. The van der Waals surface area contributed by atoms with E-state index in [1.807, 2.05) is 0 Å². The Kier molecular flexibility index (Phi) is 2.43. The van der Waals surface area contributed by atoms with Crippen molar-refractivity contribution >= 4 is 5.82 Å². The number of hydrogen-bond acceptors (Lipinski definition) is 3. The molecule has 0 spiro atoms. The summed E-state index contributed by atoms with van der Waals surface area (Å²) in [7, 11) is 1.48. The van der Waals surface area contributed by atoms with E-state index in [4.69, 9.17) is 0 Å². The van der Waals surface area contributed by atoms with Gasteiger partial charge in [-0.3, -0.25) is 14.3 Å². The molecular formula is C13H17N3O2. The lowest BCUT2D eigenvalue weighted by Crippen LogP contribution is -2.44. The van der Waals surface area contributed by atoms with Crippen LogP contribution in [0.2, 0.25) is 0 Å². The molecule has 0 radical (unpaired) electrons. The highest BCUT2D eigenvalue weighted by atomic mass is 16.2. The first-order valence-corrected chi connectivity index (χ1v) is 6.31. The Morgan fingerprint density at radius 3 is 2.44 bits per heavy atom. The molecule has 2 aliphatic rings. The minimum absolute atomic E-state index is 0.252. The van der Waals surface area contributed by atoms with Crippen molar-refractivity contribution in [2.24, 2.45) is 7.05 Å². The van der Waals surface area contributed by atoms with Gasteiger partial charge in [-0.2, -0.15) is 0 Å². The van der Waals surface area contributed by atoms with Crippen molar-refractivity contribution in [2.75, 3.05) is 4.90 Å². The number of aromatic amines is 1. The second-order valence-corrected chi connectivity index (χ2v) is 5.31. The van der Waals surface area contributed by atoms with Crippen LogP contribution in [0.25, 0.3) is 0 Å². The Balaban J connectivity index is 2.04. The van der Waals surface area contributed by atoms with Crippen LogP contribution in [0.4, 0.5) is 5.82 Å². The molecule has 2 atom stereocenters. The van der Waals surface area contributed by atoms with Gasteiger partial charge in [-0.25, -0.2) is 4.79 Å². The van der Waals surface area contributed by atoms with Crippen LogP contribution in [0.5, 0.6) is 0 Å². The van der Waals surface area contributed by atoms with E-state index in [0.29, 0.717) is 17.9 Å². The van der Waals surface area contributed by atoms with Gasteiger partial charge in [0.25, 0.3) is 5.56 Å². The van der Waals surface area contributed by atoms with Crippen LogP contribution in [0.3, 0.4) is 0 Å². The molecule has 2 fully saturated rings. The minimum atomic E-state index is -0.346. The van der Waals surface area contributed by atoms with Crippen LogP contribution in [-0.4, -0.2) is 21.6 Å². The standard InChI is InChI=1S/C13H17N3O2/c1-8-5-9-3-4-10(6-8)16(9)11-7-12(17)15(2)13(18)14-11/h7,9-10H,1,3-6H2,2H3,(H,14,18). The predicted octanol–water partition coefficient (Wildman–Crippen LogP) is 0.761. The molecule has 2 aliphatic heterocycles. The second-order valence-electron chi connectivity index (χ2n) is 5.31. The van der Waals surface area contributed by atoms with E-state index in [-0.39, 0.29) is 11.2 Å². The number of piperidine rings is 1. The summed E-state index contributed by atoms with van der Waals surface area (Å²) in [6.45, 7) is 4.07. The maximum Gasteiger partial charge on any atom is 0.329 e. The molecule has 18 heavy (non-hydrogen) atoms. The van der Waals surface area contributed by atoms with Gasteiger partial charge in [0, 0.05) is 25.2 Å². The van der Waals surface area contributed by atoms with Gasteiger partial charge in [-0.05, 0) is 25.7 Å². The lowest BCUT2D eigenvalue weighted by Gasteiger charge is -2.37. The molecule has 96 valence electrons. The zero-order chi connectivity index (χ0) is 12.9. The fraction of sp³-hybridized carbons (Fsp3) is 0.538. The average Bonchev–Trinajstić information content (AvgIpc) is 2.58. The molecule has 0 aromatic carbocycles. The smallest absolute Gasteiger partial charge is 0.329 e. The molecular weight excluding hydrogens is 230 g/mol. The molecule has 3 rings (SSSR count). The Morgan fingerprint density at radius 1 is 1.28 bits per heavy atom. The van der Waals surface area contributed by atoms with Gasteiger partial charge in [0.2, 0.25) is 0 Å². The average molecular weight is 247 g/mol. The van der Waals surface area contributed by atoms with Crippen molar-refractivity contribution in [3.63, 3.8) is 0 Å². The molecule has 3 heterocycles. The molecule has 0 amide bonds. The van der Waals surface area contributed by atoms with Crippen LogP contribution in [-0.2, 0) is 7.05 Å². The van der Waals surface area contributed by atoms with E-state index < -0.39 is 0 Å². The highest BCUT2D eigenvalue weighted by Crippen LogP contribution is 2.39. The van der Waals surface area contributed by atoms with Crippen LogP contribution in [0, 0.1) is 0 Å². The number of aromatic nitrogens is 2. The molecule has 1 aromatic rings. The van der Waals surface area contributed by atoms with Gasteiger partial charge in [-0.1, -0.05) is 12.2 Å². The van der Waals surface area contributed by atoms with Crippen molar-refractivity contribution < 1.29 is 0 Å². The van der Waals surface area contributed by atoms with Crippen molar-refractivity contribution in [3.8, 4) is 0 Å². The molecule has 5 nitrogen and oxygen atoms in total. The summed E-state index contributed by atoms with van der Waals surface area (Å²) < 4.78 is 1.09. The van der Waals surface area contributed by atoms with Crippen molar-refractivity contribution in [1.29, 1.82) is 0 Å². The third-order valence-corrected chi connectivity index (χ3v) is 4.08. The van der Waals surface area contributed by atoms with E-state index in [2.05, 4.69) is 16.5 Å². The van der Waals surface area contributed by atoms with Crippen LogP contribution in [0.15, 0.2) is 27.8 Å². The summed E-state index contributed by atoms with van der Waals surface area (Å²) in [4.78, 5) is 28.4. The molecule has 0 saturated carbocycles. The van der Waals surface area contributed by atoms with E-state index >= 15 is 0 Å². The zero-order valence-electron chi connectivity index (χ0n) is 10.5. The van der Waals surface area contributed by atoms with Crippen LogP contribution in [0.1, 0.15) is 25.7 Å². The summed E-state index contributed by atoms with van der Waals surface area (Å²) in [5.74, 6) is 0.670. The van der Waals surface area contributed by atoms with Crippen molar-refractivity contribution in [3.05, 3.63) is 39.1 Å². The molecule has 2 bridgehead atoms. The molecule has 1 aromatic heterocycles. The normalized spacial score (nSPS) is 26.7. The van der Waals surface area contributed by atoms with Gasteiger partial charge >= 0.3 is 5.69 Å². The summed E-state index contributed by atoms with van der Waals surface area (Å²) in [6.07, 6.45) is 4.16. The third kappa shape index (κ3) is 1.62. The monoisotopic (exact) mass is 247 g/mol. The van der Waals surface area contributed by atoms with E-state index in [9.17, 15) is 9.59 Å². The number of anilines is 1. The Bertz CT molecular complexity index is 566. The second kappa shape index (κ2) is 3.86. The minimum Gasteiger partial charge on any atom is -0.351 e. The zero-order valence-corrected chi connectivity index (χ0v) is 10.5. The maximum atomic E-state index is 11.7. The number of fused-ring (bicyclic) bond motifs is 2. The van der Waals surface area contributed by atoms with Crippen LogP contribution >= 0.6 is 0 Å². The SMILES string of the molecule is C=C1CC2CCC(C1)N2c1cc(=O)n(C)c(=O)[nH]1. The number of nitrogens with one attached hydrogen (secondary N) is 1. The molecule has 1 N–H and O–H groups in total. The number of H-pyrrole nitrogens is 1. The summed E-state index contributed by atoms with van der Waals surface area (Å²) in [5.41, 5.74) is 0.684. The fourth-order valence-electron chi connectivity index (χ4n) is 3.19. The molecule has 0 aliphatic carbocycles. The quantitative estimate of drug-likeness (QED) is 0.745. The van der Waals surface area contributed by atoms with Crippen molar-refractivity contribution in [2.45, 2.75) is 37.8 Å². The van der Waals surface area contributed by atoms with E-state index in [0.717, 1.165) is 30.3 Å². The van der Waals surface area contributed by atoms with E-state index in [1.165, 1.54) is 18.7 Å². The number of nitrogens with zero attached hydrogens (tertiary/aromatic N) is 2. The lowest BCUT2D eigenvalue weighted by molar-refractivity contribution is 0.542. The first-order chi connectivity index (χ1) is 8.56. The fourth-order valence-corrected chi connectivity index (χ4v) is 3.19. The van der Waals surface area contributed by atoms with E-state index in [1.54, 1.807) is 0 Å². The molecule has 2 saturated heterocycles. The Labute approximate surface area is 105 Å². The maximum absolute atomic E-state index is 11.7. The summed E-state index contributed by atoms with van der Waals surface area (Å²) >= 11 is 0. The van der Waals surface area contributed by atoms with Gasteiger partial charge in [0.1, 0.15) is 5.82 Å². The number of hydrogen-bond donors (Lipinski definition) is 1. The lowest BCUT2D eigenvalue weighted by atomic mass is 9.98. The number of rotatable bonds is 1. The van der Waals surface area contributed by atoms with Gasteiger partial charge < -0.3 is 4.90 Å². The first kappa shape index (κ1) is 11.3. The Hall–Kier alpha value is -1.78.